The number of hydrogen-bond acceptors (Lipinski definition) is 6. The number of rotatable bonds is 8. The Balaban J connectivity index is 1.53. The summed E-state index contributed by atoms with van der Waals surface area (Å²) >= 11 is 1.34. The fraction of sp³-hybridized carbons (Fsp3) is 0.304. The second-order valence-electron chi connectivity index (χ2n) is 7.37. The highest BCUT2D eigenvalue weighted by atomic mass is 32.2. The summed E-state index contributed by atoms with van der Waals surface area (Å²) in [5.74, 6) is 1.36. The molecule has 0 spiro atoms. The molecular formula is C23H25N5O3S. The quantitative estimate of drug-likeness (QED) is 0.524. The molecule has 0 saturated carbocycles. The fourth-order valence-electron chi connectivity index (χ4n) is 3.53. The van der Waals surface area contributed by atoms with Crippen LogP contribution in [0, 0.1) is 0 Å². The molecule has 0 fully saturated rings. The number of ether oxygens (including phenoxy) is 1. The van der Waals surface area contributed by atoms with Crippen LogP contribution in [0.2, 0.25) is 0 Å². The molecule has 8 nitrogen and oxygen atoms in total. The average molecular weight is 452 g/mol. The summed E-state index contributed by atoms with van der Waals surface area (Å²) in [5.41, 5.74) is 2.30. The molecule has 2 amide bonds. The summed E-state index contributed by atoms with van der Waals surface area (Å²) in [6.45, 7) is 2.90. The van der Waals surface area contributed by atoms with Gasteiger partial charge in [-0.2, -0.15) is 0 Å². The van der Waals surface area contributed by atoms with Gasteiger partial charge in [-0.1, -0.05) is 37.2 Å². The van der Waals surface area contributed by atoms with Crippen LogP contribution in [0.1, 0.15) is 19.8 Å². The van der Waals surface area contributed by atoms with E-state index in [1.807, 2.05) is 42.5 Å². The number of carbonyl (C=O) groups excluding carboxylic acids is 2. The van der Waals surface area contributed by atoms with Gasteiger partial charge in [-0.25, -0.2) is 0 Å². The molecule has 0 radical (unpaired) electrons. The number of aromatic nitrogens is 3. The molecule has 2 heterocycles. The molecule has 0 unspecified atom stereocenters. The van der Waals surface area contributed by atoms with Crippen LogP contribution in [0.15, 0.2) is 53.7 Å². The second-order valence-corrected chi connectivity index (χ2v) is 8.32. The number of unbranched alkanes of at least 4 members (excludes halogenated alkanes) is 1. The molecule has 0 atom stereocenters. The number of para-hydroxylation sites is 2. The number of methoxy groups -OCH3 is 1. The van der Waals surface area contributed by atoms with Crippen LogP contribution < -0.4 is 15.0 Å². The maximum atomic E-state index is 13.0. The van der Waals surface area contributed by atoms with E-state index >= 15 is 0 Å². The summed E-state index contributed by atoms with van der Waals surface area (Å²) in [4.78, 5) is 26.6. The van der Waals surface area contributed by atoms with Gasteiger partial charge < -0.3 is 19.5 Å². The van der Waals surface area contributed by atoms with Gasteiger partial charge in [0.2, 0.25) is 11.8 Å². The van der Waals surface area contributed by atoms with Gasteiger partial charge in [0, 0.05) is 12.1 Å². The lowest BCUT2D eigenvalue weighted by molar-refractivity contribution is -0.120. The van der Waals surface area contributed by atoms with Crippen molar-refractivity contribution in [2.24, 2.45) is 0 Å². The number of amides is 2. The zero-order chi connectivity index (χ0) is 22.5. The van der Waals surface area contributed by atoms with E-state index < -0.39 is 0 Å². The number of benzene rings is 2. The third kappa shape index (κ3) is 4.62. The second kappa shape index (κ2) is 9.86. The fourth-order valence-corrected chi connectivity index (χ4v) is 4.37. The Kier molecular flexibility index (Phi) is 6.75. The van der Waals surface area contributed by atoms with Crippen molar-refractivity contribution < 1.29 is 14.3 Å². The number of hydrogen-bond donors (Lipinski definition) is 1. The Labute approximate surface area is 191 Å². The molecule has 0 aliphatic carbocycles. The minimum absolute atomic E-state index is 0.00995. The van der Waals surface area contributed by atoms with E-state index in [1.165, 1.54) is 16.7 Å². The SMILES string of the molecule is CCCCn1c(SCC(=O)N2CC(=O)Nc3ccccc32)nnc1-c1ccc(OC)cc1. The first kappa shape index (κ1) is 21.9. The van der Waals surface area contributed by atoms with E-state index in [9.17, 15) is 9.59 Å². The third-order valence-corrected chi connectivity index (χ3v) is 6.15. The van der Waals surface area contributed by atoms with Crippen LogP contribution in [-0.4, -0.2) is 46.0 Å². The van der Waals surface area contributed by atoms with E-state index in [1.54, 1.807) is 13.2 Å². The molecule has 0 saturated heterocycles. The van der Waals surface area contributed by atoms with E-state index in [4.69, 9.17) is 4.74 Å². The number of carbonyl (C=O) groups is 2. The number of fused-ring (bicyclic) bond motifs is 1. The lowest BCUT2D eigenvalue weighted by atomic mass is 10.2. The Morgan fingerprint density at radius 3 is 2.69 bits per heavy atom. The van der Waals surface area contributed by atoms with Crippen LogP contribution in [0.25, 0.3) is 11.4 Å². The third-order valence-electron chi connectivity index (χ3n) is 5.20. The molecule has 9 heteroatoms. The molecule has 1 N–H and O–H groups in total. The zero-order valence-corrected chi connectivity index (χ0v) is 18.9. The van der Waals surface area contributed by atoms with E-state index in [0.29, 0.717) is 16.5 Å². The normalized spacial score (nSPS) is 12.9. The van der Waals surface area contributed by atoms with Crippen molar-refractivity contribution in [1.82, 2.24) is 14.8 Å². The predicted molar refractivity (Wildman–Crippen MR) is 125 cm³/mol. The van der Waals surface area contributed by atoms with Crippen molar-refractivity contribution in [3.05, 3.63) is 48.5 Å². The maximum Gasteiger partial charge on any atom is 0.244 e. The van der Waals surface area contributed by atoms with Gasteiger partial charge in [0.25, 0.3) is 0 Å². The number of thioether (sulfide) groups is 1. The minimum atomic E-state index is -0.199. The Morgan fingerprint density at radius 1 is 1.16 bits per heavy atom. The largest absolute Gasteiger partial charge is 0.497 e. The van der Waals surface area contributed by atoms with Crippen molar-refractivity contribution in [3.63, 3.8) is 0 Å². The topological polar surface area (TPSA) is 89.4 Å². The Bertz CT molecular complexity index is 1110. The summed E-state index contributed by atoms with van der Waals surface area (Å²) in [5, 5.41) is 12.2. The maximum absolute atomic E-state index is 13.0. The highest BCUT2D eigenvalue weighted by Gasteiger charge is 2.27. The summed E-state index contributed by atoms with van der Waals surface area (Å²) < 4.78 is 7.30. The minimum Gasteiger partial charge on any atom is -0.497 e. The first-order chi connectivity index (χ1) is 15.6. The van der Waals surface area contributed by atoms with Gasteiger partial charge in [0.1, 0.15) is 12.3 Å². The first-order valence-corrected chi connectivity index (χ1v) is 11.5. The van der Waals surface area contributed by atoms with Gasteiger partial charge in [-0.3, -0.25) is 9.59 Å². The molecule has 4 rings (SSSR count). The van der Waals surface area contributed by atoms with Crippen molar-refractivity contribution in [2.45, 2.75) is 31.5 Å². The summed E-state index contributed by atoms with van der Waals surface area (Å²) in [6.07, 6.45) is 2.01. The van der Waals surface area contributed by atoms with Gasteiger partial charge in [0.05, 0.1) is 24.2 Å². The van der Waals surface area contributed by atoms with Gasteiger partial charge in [0.15, 0.2) is 11.0 Å². The lowest BCUT2D eigenvalue weighted by Crippen LogP contribution is -2.43. The van der Waals surface area contributed by atoms with Crippen molar-refractivity contribution in [1.29, 1.82) is 0 Å². The van der Waals surface area contributed by atoms with Crippen LogP contribution in [0.4, 0.5) is 11.4 Å². The van der Waals surface area contributed by atoms with Crippen LogP contribution in [-0.2, 0) is 16.1 Å². The van der Waals surface area contributed by atoms with Crippen molar-refractivity contribution >= 4 is 35.0 Å². The number of nitrogens with zero attached hydrogens (tertiary/aromatic N) is 4. The molecule has 3 aromatic rings. The molecule has 32 heavy (non-hydrogen) atoms. The summed E-state index contributed by atoms with van der Waals surface area (Å²) in [6, 6.07) is 15.0. The highest BCUT2D eigenvalue weighted by molar-refractivity contribution is 7.99. The molecule has 1 aliphatic rings. The van der Waals surface area contributed by atoms with Gasteiger partial charge in [-0.05, 0) is 42.8 Å². The highest BCUT2D eigenvalue weighted by Crippen LogP contribution is 2.31. The first-order valence-electron chi connectivity index (χ1n) is 10.5. The van der Waals surface area contributed by atoms with Crippen LogP contribution in [0.5, 0.6) is 5.75 Å². The van der Waals surface area contributed by atoms with Crippen LogP contribution in [0.3, 0.4) is 0 Å². The van der Waals surface area contributed by atoms with E-state index in [0.717, 1.165) is 36.5 Å². The molecule has 166 valence electrons. The van der Waals surface area contributed by atoms with Crippen molar-refractivity contribution in [3.8, 4) is 17.1 Å². The van der Waals surface area contributed by atoms with Crippen molar-refractivity contribution in [2.75, 3.05) is 29.6 Å². The standard InChI is InChI=1S/C23H25N5O3S/c1-3-4-13-27-22(16-9-11-17(31-2)12-10-16)25-26-23(27)32-15-21(30)28-14-20(29)24-18-7-5-6-8-19(18)28/h5-12H,3-4,13-15H2,1-2H3,(H,24,29). The lowest BCUT2D eigenvalue weighted by Gasteiger charge is -2.29. The average Bonchev–Trinajstić information content (AvgIpc) is 3.23. The number of nitrogens with one attached hydrogen (secondary N) is 1. The smallest absolute Gasteiger partial charge is 0.244 e. The molecule has 2 aromatic carbocycles. The zero-order valence-electron chi connectivity index (χ0n) is 18.1. The number of anilines is 2. The van der Waals surface area contributed by atoms with Gasteiger partial charge >= 0.3 is 0 Å². The van der Waals surface area contributed by atoms with Gasteiger partial charge in [-0.15, -0.1) is 10.2 Å². The predicted octanol–water partition coefficient (Wildman–Crippen LogP) is 3.83. The molecule has 1 aromatic heterocycles. The van der Waals surface area contributed by atoms with E-state index in [2.05, 4.69) is 27.0 Å². The Hall–Kier alpha value is -3.33. The molecule has 1 aliphatic heterocycles. The van der Waals surface area contributed by atoms with Crippen LogP contribution >= 0.6 is 11.8 Å². The molecular weight excluding hydrogens is 426 g/mol. The van der Waals surface area contributed by atoms with E-state index in [-0.39, 0.29) is 24.1 Å². The summed E-state index contributed by atoms with van der Waals surface area (Å²) in [7, 11) is 1.63. The Morgan fingerprint density at radius 2 is 1.94 bits per heavy atom. The monoisotopic (exact) mass is 451 g/mol. The molecule has 0 bridgehead atoms.